The average Bonchev–Trinajstić information content (AvgIpc) is 2.40. The molecule has 0 spiro atoms. The molecular weight excluding hydrogens is 160 g/mol. The quantitative estimate of drug-likeness (QED) is 0.755. The molecule has 0 fully saturated rings. The molecule has 0 aliphatic carbocycles. The maximum Gasteiger partial charge on any atom is 0.310 e. The first-order valence-corrected chi connectivity index (χ1v) is 4.45. The van der Waals surface area contributed by atoms with E-state index in [1.807, 2.05) is 23.8 Å². The summed E-state index contributed by atoms with van der Waals surface area (Å²) in [5, 5.41) is 12.5. The van der Waals surface area contributed by atoms with Gasteiger partial charge in [0.1, 0.15) is 0 Å². The molecule has 0 aromatic carbocycles. The monoisotopic (exact) mass is 170 g/mol. The molecular formula is C8H10O2S. The van der Waals surface area contributed by atoms with Crippen molar-refractivity contribution in [3.8, 4) is 0 Å². The van der Waals surface area contributed by atoms with Gasteiger partial charge in [0.15, 0.2) is 0 Å². The molecule has 0 amide bonds. The first-order valence-electron chi connectivity index (χ1n) is 3.50. The number of hydrogen-bond donors (Lipinski definition) is 1. The highest BCUT2D eigenvalue weighted by Crippen LogP contribution is 2.21. The minimum Gasteiger partial charge on any atom is -0.481 e. The summed E-state index contributed by atoms with van der Waals surface area (Å²) in [4.78, 5) is 10.6. The normalized spacial score (nSPS) is 12.8. The summed E-state index contributed by atoms with van der Waals surface area (Å²) < 4.78 is 0. The van der Waals surface area contributed by atoms with Crippen LogP contribution < -0.4 is 0 Å². The summed E-state index contributed by atoms with van der Waals surface area (Å²) in [7, 11) is 0. The van der Waals surface area contributed by atoms with Gasteiger partial charge in [-0.1, -0.05) is 6.92 Å². The van der Waals surface area contributed by atoms with Gasteiger partial charge in [-0.15, -0.1) is 0 Å². The van der Waals surface area contributed by atoms with Gasteiger partial charge in [-0.2, -0.15) is 11.3 Å². The van der Waals surface area contributed by atoms with Crippen molar-refractivity contribution in [2.45, 2.75) is 19.3 Å². The summed E-state index contributed by atoms with van der Waals surface area (Å²) >= 11 is 1.54. The lowest BCUT2D eigenvalue weighted by molar-refractivity contribution is -0.138. The fourth-order valence-corrected chi connectivity index (χ4v) is 1.74. The molecule has 1 aromatic heterocycles. The summed E-state index contributed by atoms with van der Waals surface area (Å²) in [6.07, 6.45) is 0.659. The zero-order chi connectivity index (χ0) is 8.27. The van der Waals surface area contributed by atoms with E-state index in [1.165, 1.54) is 11.3 Å². The Hall–Kier alpha value is -0.830. The zero-order valence-electron chi connectivity index (χ0n) is 6.28. The lowest BCUT2D eigenvalue weighted by Crippen LogP contribution is -2.09. The van der Waals surface area contributed by atoms with Gasteiger partial charge < -0.3 is 5.11 Å². The minimum absolute atomic E-state index is 0.318. The molecule has 2 nitrogen and oxygen atoms in total. The standard InChI is InChI=1S/C8H10O2S/c1-2-7(8(9)10)6-3-4-11-5-6/h3-5,7H,2H2,1H3,(H,9,10). The average molecular weight is 170 g/mol. The van der Waals surface area contributed by atoms with E-state index in [2.05, 4.69) is 0 Å². The van der Waals surface area contributed by atoms with Gasteiger partial charge in [0.25, 0.3) is 0 Å². The van der Waals surface area contributed by atoms with E-state index < -0.39 is 5.97 Å². The Morgan fingerprint density at radius 3 is 2.91 bits per heavy atom. The van der Waals surface area contributed by atoms with Gasteiger partial charge in [-0.25, -0.2) is 0 Å². The molecule has 0 saturated heterocycles. The lowest BCUT2D eigenvalue weighted by Gasteiger charge is -2.05. The number of carbonyl (C=O) groups is 1. The highest BCUT2D eigenvalue weighted by Gasteiger charge is 2.16. The molecule has 3 heteroatoms. The highest BCUT2D eigenvalue weighted by atomic mass is 32.1. The third-order valence-corrected chi connectivity index (χ3v) is 2.35. The summed E-state index contributed by atoms with van der Waals surface area (Å²) in [5.41, 5.74) is 0.921. The highest BCUT2D eigenvalue weighted by molar-refractivity contribution is 7.08. The van der Waals surface area contributed by atoms with E-state index in [4.69, 9.17) is 5.11 Å². The molecule has 0 saturated carbocycles. The van der Waals surface area contributed by atoms with Crippen LogP contribution in [-0.2, 0) is 4.79 Å². The second-order valence-corrected chi connectivity index (χ2v) is 3.14. The van der Waals surface area contributed by atoms with E-state index in [1.54, 1.807) is 0 Å². The lowest BCUT2D eigenvalue weighted by atomic mass is 10.0. The Labute approximate surface area is 69.5 Å². The van der Waals surface area contributed by atoms with Crippen LogP contribution in [0.25, 0.3) is 0 Å². The SMILES string of the molecule is CCC(C(=O)O)c1ccsc1. The van der Waals surface area contributed by atoms with Crippen molar-refractivity contribution in [3.63, 3.8) is 0 Å². The fraction of sp³-hybridized carbons (Fsp3) is 0.375. The van der Waals surface area contributed by atoms with Crippen molar-refractivity contribution in [1.82, 2.24) is 0 Å². The number of thiophene rings is 1. The molecule has 1 unspecified atom stereocenters. The van der Waals surface area contributed by atoms with E-state index in [0.29, 0.717) is 6.42 Å². The van der Waals surface area contributed by atoms with Crippen molar-refractivity contribution in [3.05, 3.63) is 22.4 Å². The first kappa shape index (κ1) is 8.27. The molecule has 1 atom stereocenters. The van der Waals surface area contributed by atoms with Gasteiger partial charge in [0.2, 0.25) is 0 Å². The van der Waals surface area contributed by atoms with Crippen LogP contribution in [0.15, 0.2) is 16.8 Å². The van der Waals surface area contributed by atoms with Crippen molar-refractivity contribution >= 4 is 17.3 Å². The predicted octanol–water partition coefficient (Wildman–Crippen LogP) is 2.33. The third-order valence-electron chi connectivity index (χ3n) is 1.65. The van der Waals surface area contributed by atoms with E-state index >= 15 is 0 Å². The topological polar surface area (TPSA) is 37.3 Å². The number of carboxylic acids is 1. The summed E-state index contributed by atoms with van der Waals surface area (Å²) in [6, 6.07) is 1.87. The minimum atomic E-state index is -0.731. The Bertz CT molecular complexity index is 228. The third kappa shape index (κ3) is 1.80. The molecule has 0 aliphatic rings. The van der Waals surface area contributed by atoms with Gasteiger partial charge in [0, 0.05) is 0 Å². The Balaban J connectivity index is 2.79. The van der Waals surface area contributed by atoms with E-state index in [9.17, 15) is 4.79 Å². The molecule has 1 rings (SSSR count). The second-order valence-electron chi connectivity index (χ2n) is 2.36. The maximum absolute atomic E-state index is 10.6. The number of carboxylic acid groups (broad SMARTS) is 1. The number of hydrogen-bond acceptors (Lipinski definition) is 2. The molecule has 11 heavy (non-hydrogen) atoms. The van der Waals surface area contributed by atoms with Crippen LogP contribution in [0.4, 0.5) is 0 Å². The van der Waals surface area contributed by atoms with Gasteiger partial charge in [-0.3, -0.25) is 4.79 Å². The van der Waals surface area contributed by atoms with Crippen LogP contribution in [0.1, 0.15) is 24.8 Å². The zero-order valence-corrected chi connectivity index (χ0v) is 7.10. The second kappa shape index (κ2) is 3.53. The summed E-state index contributed by atoms with van der Waals surface area (Å²) in [6.45, 7) is 1.89. The molecule has 0 bridgehead atoms. The molecule has 1 aromatic rings. The Morgan fingerprint density at radius 2 is 2.55 bits per heavy atom. The van der Waals surface area contributed by atoms with Gasteiger partial charge in [0.05, 0.1) is 5.92 Å². The van der Waals surface area contributed by atoms with Gasteiger partial charge in [-0.05, 0) is 28.8 Å². The summed E-state index contributed by atoms with van der Waals surface area (Å²) in [5.74, 6) is -1.05. The number of rotatable bonds is 3. The van der Waals surface area contributed by atoms with Crippen molar-refractivity contribution in [2.75, 3.05) is 0 Å². The first-order chi connectivity index (χ1) is 5.25. The van der Waals surface area contributed by atoms with Crippen molar-refractivity contribution in [2.24, 2.45) is 0 Å². The molecule has 1 N–H and O–H groups in total. The number of aliphatic carboxylic acids is 1. The molecule has 0 radical (unpaired) electrons. The fourth-order valence-electron chi connectivity index (χ4n) is 1.03. The smallest absolute Gasteiger partial charge is 0.310 e. The van der Waals surface area contributed by atoms with Crippen LogP contribution in [0.2, 0.25) is 0 Å². The van der Waals surface area contributed by atoms with Crippen LogP contribution in [-0.4, -0.2) is 11.1 Å². The predicted molar refractivity (Wildman–Crippen MR) is 45.0 cm³/mol. The van der Waals surface area contributed by atoms with E-state index in [-0.39, 0.29) is 5.92 Å². The van der Waals surface area contributed by atoms with Gasteiger partial charge >= 0.3 is 5.97 Å². The molecule has 60 valence electrons. The largest absolute Gasteiger partial charge is 0.481 e. The van der Waals surface area contributed by atoms with Crippen LogP contribution >= 0.6 is 11.3 Å². The van der Waals surface area contributed by atoms with Crippen LogP contribution in [0, 0.1) is 0 Å². The Morgan fingerprint density at radius 1 is 1.82 bits per heavy atom. The van der Waals surface area contributed by atoms with Crippen LogP contribution in [0.5, 0.6) is 0 Å². The maximum atomic E-state index is 10.6. The van der Waals surface area contributed by atoms with E-state index in [0.717, 1.165) is 5.56 Å². The molecule has 1 heterocycles. The van der Waals surface area contributed by atoms with Crippen molar-refractivity contribution < 1.29 is 9.90 Å². The molecule has 0 aliphatic heterocycles. The Kier molecular flexibility index (Phi) is 2.65. The van der Waals surface area contributed by atoms with Crippen molar-refractivity contribution in [1.29, 1.82) is 0 Å². The van der Waals surface area contributed by atoms with Crippen LogP contribution in [0.3, 0.4) is 0 Å².